The van der Waals surface area contributed by atoms with Gasteiger partial charge < -0.3 is 0 Å². The van der Waals surface area contributed by atoms with Crippen LogP contribution in [-0.4, -0.2) is 0 Å². The van der Waals surface area contributed by atoms with Crippen LogP contribution in [0.5, 0.6) is 0 Å². The average molecular weight is 124 g/mol. The molecule has 1 saturated carbocycles. The Labute approximate surface area is 58.0 Å². The zero-order valence-electron chi connectivity index (χ0n) is 6.27. The van der Waals surface area contributed by atoms with Crippen LogP contribution in [-0.2, 0) is 0 Å². The van der Waals surface area contributed by atoms with Gasteiger partial charge in [0.25, 0.3) is 0 Å². The normalized spacial score (nSPS) is 32.1. The lowest BCUT2D eigenvalue weighted by Crippen LogP contribution is -1.78. The van der Waals surface area contributed by atoms with Crippen LogP contribution in [0.4, 0.5) is 0 Å². The second-order valence-electron chi connectivity index (χ2n) is 3.03. The highest BCUT2D eigenvalue weighted by atomic mass is 14.4. The third-order valence-electron chi connectivity index (χ3n) is 2.33. The van der Waals surface area contributed by atoms with Gasteiger partial charge in [0.15, 0.2) is 0 Å². The molecule has 2 unspecified atom stereocenters. The summed E-state index contributed by atoms with van der Waals surface area (Å²) in [5, 5.41) is 0. The van der Waals surface area contributed by atoms with E-state index in [1.807, 2.05) is 6.08 Å². The zero-order chi connectivity index (χ0) is 6.69. The van der Waals surface area contributed by atoms with E-state index in [2.05, 4.69) is 13.5 Å². The van der Waals surface area contributed by atoms with E-state index in [9.17, 15) is 0 Å². The van der Waals surface area contributed by atoms with Crippen LogP contribution in [0.15, 0.2) is 12.7 Å². The first-order valence-electron chi connectivity index (χ1n) is 3.99. The van der Waals surface area contributed by atoms with E-state index in [0.29, 0.717) is 0 Å². The smallest absolute Gasteiger partial charge is 0.0351 e. The molecule has 0 aromatic carbocycles. The van der Waals surface area contributed by atoms with Crippen LogP contribution in [0.3, 0.4) is 0 Å². The topological polar surface area (TPSA) is 0 Å². The van der Waals surface area contributed by atoms with Gasteiger partial charge in [0, 0.05) is 0 Å². The van der Waals surface area contributed by atoms with Crippen molar-refractivity contribution in [3.8, 4) is 0 Å². The molecule has 0 aromatic heterocycles. The standard InChI is InChI=1S/C9H16/c1-3-5-6-9-7-8(9)4-2/h3,8-9H,1,4-7H2,2H3. The first-order valence-corrected chi connectivity index (χ1v) is 3.99. The van der Waals surface area contributed by atoms with Crippen LogP contribution in [0, 0.1) is 11.8 Å². The Balaban J connectivity index is 1.98. The third-order valence-corrected chi connectivity index (χ3v) is 2.33. The van der Waals surface area contributed by atoms with E-state index < -0.39 is 0 Å². The molecular formula is C9H16. The molecule has 0 nitrogen and oxygen atoms in total. The van der Waals surface area contributed by atoms with Crippen LogP contribution in [0.2, 0.25) is 0 Å². The number of hydrogen-bond donors (Lipinski definition) is 0. The predicted octanol–water partition coefficient (Wildman–Crippen LogP) is 3.00. The van der Waals surface area contributed by atoms with Gasteiger partial charge in [-0.3, -0.25) is 0 Å². The maximum atomic E-state index is 3.71. The first-order chi connectivity index (χ1) is 4.38. The average Bonchev–Trinajstić information content (AvgIpc) is 2.62. The molecule has 0 aliphatic heterocycles. The largest absolute Gasteiger partial charge is 0.103 e. The van der Waals surface area contributed by atoms with Crippen LogP contribution >= 0.6 is 0 Å². The maximum absolute atomic E-state index is 3.71. The van der Waals surface area contributed by atoms with Crippen molar-refractivity contribution in [2.45, 2.75) is 32.6 Å². The summed E-state index contributed by atoms with van der Waals surface area (Å²) >= 11 is 0. The van der Waals surface area contributed by atoms with Crippen molar-refractivity contribution in [2.75, 3.05) is 0 Å². The second-order valence-corrected chi connectivity index (χ2v) is 3.03. The Morgan fingerprint density at radius 3 is 2.78 bits per heavy atom. The molecule has 0 heteroatoms. The number of allylic oxidation sites excluding steroid dienone is 1. The van der Waals surface area contributed by atoms with Crippen LogP contribution in [0.25, 0.3) is 0 Å². The molecule has 1 aliphatic rings. The zero-order valence-corrected chi connectivity index (χ0v) is 6.27. The predicted molar refractivity (Wildman–Crippen MR) is 41.3 cm³/mol. The third kappa shape index (κ3) is 1.85. The molecule has 1 rings (SSSR count). The fourth-order valence-corrected chi connectivity index (χ4v) is 1.50. The molecule has 0 N–H and O–H groups in total. The summed E-state index contributed by atoms with van der Waals surface area (Å²) < 4.78 is 0. The Morgan fingerprint density at radius 1 is 1.56 bits per heavy atom. The van der Waals surface area contributed by atoms with Crippen molar-refractivity contribution in [2.24, 2.45) is 11.8 Å². The van der Waals surface area contributed by atoms with E-state index in [1.54, 1.807) is 0 Å². The SMILES string of the molecule is C=CCCC1CC1CC. The van der Waals surface area contributed by atoms with E-state index in [-0.39, 0.29) is 0 Å². The van der Waals surface area contributed by atoms with Gasteiger partial charge in [-0.1, -0.05) is 19.4 Å². The highest BCUT2D eigenvalue weighted by Gasteiger charge is 2.33. The fraction of sp³-hybridized carbons (Fsp3) is 0.778. The molecule has 0 spiro atoms. The molecule has 9 heavy (non-hydrogen) atoms. The minimum absolute atomic E-state index is 1.06. The lowest BCUT2D eigenvalue weighted by molar-refractivity contribution is 0.638. The minimum Gasteiger partial charge on any atom is -0.103 e. The molecule has 1 fully saturated rings. The van der Waals surface area contributed by atoms with Crippen molar-refractivity contribution in [1.82, 2.24) is 0 Å². The van der Waals surface area contributed by atoms with Gasteiger partial charge in [0.2, 0.25) is 0 Å². The van der Waals surface area contributed by atoms with Gasteiger partial charge in [-0.25, -0.2) is 0 Å². The summed E-state index contributed by atoms with van der Waals surface area (Å²) in [7, 11) is 0. The van der Waals surface area contributed by atoms with Gasteiger partial charge in [0.05, 0.1) is 0 Å². The first kappa shape index (κ1) is 6.85. The Kier molecular flexibility index (Phi) is 2.32. The van der Waals surface area contributed by atoms with Gasteiger partial charge in [-0.05, 0) is 31.1 Å². The summed E-state index contributed by atoms with van der Waals surface area (Å²) in [6.45, 7) is 6.00. The molecule has 0 aromatic rings. The molecule has 52 valence electrons. The molecule has 2 atom stereocenters. The van der Waals surface area contributed by atoms with Gasteiger partial charge in [-0.2, -0.15) is 0 Å². The summed E-state index contributed by atoms with van der Waals surface area (Å²) in [5.74, 6) is 2.14. The van der Waals surface area contributed by atoms with E-state index in [1.165, 1.54) is 25.7 Å². The molecule has 1 aliphatic carbocycles. The van der Waals surface area contributed by atoms with Crippen molar-refractivity contribution in [3.05, 3.63) is 12.7 Å². The molecule has 0 radical (unpaired) electrons. The Hall–Kier alpha value is -0.260. The Morgan fingerprint density at radius 2 is 2.33 bits per heavy atom. The second kappa shape index (κ2) is 3.05. The number of hydrogen-bond acceptors (Lipinski definition) is 0. The molecule has 0 saturated heterocycles. The lowest BCUT2D eigenvalue weighted by atomic mass is 10.1. The quantitative estimate of drug-likeness (QED) is 0.505. The van der Waals surface area contributed by atoms with E-state index >= 15 is 0 Å². The Bertz CT molecular complexity index is 94.2. The van der Waals surface area contributed by atoms with Gasteiger partial charge >= 0.3 is 0 Å². The maximum Gasteiger partial charge on any atom is -0.0351 e. The van der Waals surface area contributed by atoms with Crippen molar-refractivity contribution < 1.29 is 0 Å². The van der Waals surface area contributed by atoms with Gasteiger partial charge in [0.1, 0.15) is 0 Å². The fourth-order valence-electron chi connectivity index (χ4n) is 1.50. The summed E-state index contributed by atoms with van der Waals surface area (Å²) in [5.41, 5.74) is 0. The highest BCUT2D eigenvalue weighted by molar-refractivity contribution is 4.86. The summed E-state index contributed by atoms with van der Waals surface area (Å²) in [4.78, 5) is 0. The summed E-state index contributed by atoms with van der Waals surface area (Å²) in [6.07, 6.45) is 7.53. The minimum atomic E-state index is 1.06. The molecule has 0 amide bonds. The van der Waals surface area contributed by atoms with Crippen molar-refractivity contribution >= 4 is 0 Å². The van der Waals surface area contributed by atoms with Gasteiger partial charge in [-0.15, -0.1) is 6.58 Å². The van der Waals surface area contributed by atoms with E-state index in [4.69, 9.17) is 0 Å². The summed E-state index contributed by atoms with van der Waals surface area (Å²) in [6, 6.07) is 0. The monoisotopic (exact) mass is 124 g/mol. The molecular weight excluding hydrogens is 108 g/mol. The van der Waals surface area contributed by atoms with E-state index in [0.717, 1.165) is 11.8 Å². The van der Waals surface area contributed by atoms with Crippen molar-refractivity contribution in [3.63, 3.8) is 0 Å². The lowest BCUT2D eigenvalue weighted by Gasteiger charge is -1.91. The van der Waals surface area contributed by atoms with Crippen LogP contribution in [0.1, 0.15) is 32.6 Å². The molecule has 0 bridgehead atoms. The molecule has 0 heterocycles. The highest BCUT2D eigenvalue weighted by Crippen LogP contribution is 2.44. The van der Waals surface area contributed by atoms with Crippen LogP contribution < -0.4 is 0 Å². The van der Waals surface area contributed by atoms with Crippen molar-refractivity contribution in [1.29, 1.82) is 0 Å². The number of rotatable bonds is 4.